The lowest BCUT2D eigenvalue weighted by molar-refractivity contribution is 0.0697. The third kappa shape index (κ3) is 3.91. The lowest BCUT2D eigenvalue weighted by Gasteiger charge is -2.34. The number of carbonyl (C=O) groups excluding carboxylic acids is 1. The highest BCUT2D eigenvalue weighted by Gasteiger charge is 2.33. The molecule has 29 heavy (non-hydrogen) atoms. The molecular formula is C20H25N5O3S. The van der Waals surface area contributed by atoms with Crippen molar-refractivity contribution in [2.75, 3.05) is 26.2 Å². The number of benzene rings is 1. The summed E-state index contributed by atoms with van der Waals surface area (Å²) in [5.74, 6) is -0.146. The van der Waals surface area contributed by atoms with Crippen molar-refractivity contribution in [3.8, 4) is 6.07 Å². The molecule has 2 heterocycles. The van der Waals surface area contributed by atoms with Crippen molar-refractivity contribution in [2.24, 2.45) is 0 Å². The predicted octanol–water partition coefficient (Wildman–Crippen LogP) is 1.96. The topological polar surface area (TPSA) is 99.3 Å². The normalized spacial score (nSPS) is 15.9. The van der Waals surface area contributed by atoms with Gasteiger partial charge in [-0.1, -0.05) is 12.1 Å². The van der Waals surface area contributed by atoms with Gasteiger partial charge in [0.05, 0.1) is 27.8 Å². The minimum atomic E-state index is -3.79. The molecule has 0 N–H and O–H groups in total. The number of hydrogen-bond donors (Lipinski definition) is 0. The second-order valence-electron chi connectivity index (χ2n) is 8.03. The molecule has 1 aliphatic rings. The summed E-state index contributed by atoms with van der Waals surface area (Å²) in [5, 5.41) is 13.6. The maximum atomic E-state index is 12.9. The van der Waals surface area contributed by atoms with Crippen molar-refractivity contribution in [1.82, 2.24) is 19.0 Å². The molecule has 0 bridgehead atoms. The Balaban J connectivity index is 1.75. The van der Waals surface area contributed by atoms with E-state index in [1.165, 1.54) is 16.4 Å². The summed E-state index contributed by atoms with van der Waals surface area (Å²) in [5.41, 5.74) is 1.21. The first-order valence-electron chi connectivity index (χ1n) is 9.41. The molecule has 1 fully saturated rings. The fraction of sp³-hybridized carbons (Fsp3) is 0.450. The minimum Gasteiger partial charge on any atom is -0.336 e. The van der Waals surface area contributed by atoms with Crippen LogP contribution < -0.4 is 0 Å². The number of aromatic nitrogens is 2. The zero-order valence-corrected chi connectivity index (χ0v) is 17.9. The molecule has 1 aromatic carbocycles. The van der Waals surface area contributed by atoms with Gasteiger partial charge < -0.3 is 4.90 Å². The highest BCUT2D eigenvalue weighted by molar-refractivity contribution is 7.89. The van der Waals surface area contributed by atoms with Crippen LogP contribution in [0.15, 0.2) is 35.4 Å². The molecule has 154 valence electrons. The van der Waals surface area contributed by atoms with E-state index in [1.807, 2.05) is 38.4 Å². The monoisotopic (exact) mass is 415 g/mol. The molecular weight excluding hydrogens is 390 g/mol. The van der Waals surface area contributed by atoms with Crippen LogP contribution in [0, 0.1) is 18.3 Å². The van der Waals surface area contributed by atoms with Crippen molar-refractivity contribution < 1.29 is 13.2 Å². The molecule has 0 aliphatic carbocycles. The van der Waals surface area contributed by atoms with Crippen molar-refractivity contribution >= 4 is 15.9 Å². The van der Waals surface area contributed by atoms with Crippen molar-refractivity contribution in [2.45, 2.75) is 38.1 Å². The van der Waals surface area contributed by atoms with Gasteiger partial charge >= 0.3 is 0 Å². The molecule has 1 aliphatic heterocycles. The van der Waals surface area contributed by atoms with E-state index in [2.05, 4.69) is 5.10 Å². The Morgan fingerprint density at radius 1 is 1.14 bits per heavy atom. The van der Waals surface area contributed by atoms with Crippen LogP contribution in [0.2, 0.25) is 0 Å². The molecule has 0 atom stereocenters. The van der Waals surface area contributed by atoms with Gasteiger partial charge in [0.15, 0.2) is 0 Å². The summed E-state index contributed by atoms with van der Waals surface area (Å²) in [6.45, 7) is 8.85. The van der Waals surface area contributed by atoms with Crippen LogP contribution in [0.5, 0.6) is 0 Å². The second kappa shape index (κ2) is 7.61. The highest BCUT2D eigenvalue weighted by Crippen LogP contribution is 2.23. The Hall–Kier alpha value is -2.70. The van der Waals surface area contributed by atoms with E-state index in [-0.39, 0.29) is 48.1 Å². The number of hydrogen-bond acceptors (Lipinski definition) is 5. The van der Waals surface area contributed by atoms with E-state index in [9.17, 15) is 18.5 Å². The van der Waals surface area contributed by atoms with Gasteiger partial charge in [0, 0.05) is 31.9 Å². The summed E-state index contributed by atoms with van der Waals surface area (Å²) < 4.78 is 29.0. The summed E-state index contributed by atoms with van der Waals surface area (Å²) >= 11 is 0. The number of nitrogens with zero attached hydrogens (tertiary/aromatic N) is 5. The van der Waals surface area contributed by atoms with E-state index < -0.39 is 10.0 Å². The first kappa shape index (κ1) is 21.0. The molecule has 0 radical (unpaired) electrons. The molecule has 2 aromatic rings. The van der Waals surface area contributed by atoms with Crippen molar-refractivity contribution in [3.05, 3.63) is 47.3 Å². The van der Waals surface area contributed by atoms with Crippen LogP contribution in [-0.4, -0.2) is 59.5 Å². The molecule has 3 rings (SSSR count). The van der Waals surface area contributed by atoms with Crippen LogP contribution in [-0.2, 0) is 15.6 Å². The number of nitriles is 1. The van der Waals surface area contributed by atoms with E-state index in [0.717, 1.165) is 5.69 Å². The van der Waals surface area contributed by atoms with Gasteiger partial charge in [-0.3, -0.25) is 9.48 Å². The van der Waals surface area contributed by atoms with E-state index in [1.54, 1.807) is 23.2 Å². The number of carbonyl (C=O) groups is 1. The van der Waals surface area contributed by atoms with Gasteiger partial charge in [0.2, 0.25) is 10.0 Å². The highest BCUT2D eigenvalue weighted by atomic mass is 32.2. The quantitative estimate of drug-likeness (QED) is 0.763. The maximum absolute atomic E-state index is 12.9. The molecule has 1 amide bonds. The Labute approximate surface area is 171 Å². The first-order chi connectivity index (χ1) is 13.6. The summed E-state index contributed by atoms with van der Waals surface area (Å²) in [7, 11) is -3.79. The molecule has 1 aromatic heterocycles. The van der Waals surface area contributed by atoms with E-state index >= 15 is 0 Å². The Morgan fingerprint density at radius 2 is 1.76 bits per heavy atom. The number of rotatable bonds is 3. The SMILES string of the molecule is Cc1c(C(=O)N2CCN(S(=O)(=O)c3ccccc3C#N)CC2)cnn1C(C)(C)C. The second-order valence-corrected chi connectivity index (χ2v) is 9.94. The van der Waals surface area contributed by atoms with Crippen LogP contribution in [0.3, 0.4) is 0 Å². The summed E-state index contributed by atoms with van der Waals surface area (Å²) in [6, 6.07) is 8.09. The summed E-state index contributed by atoms with van der Waals surface area (Å²) in [4.78, 5) is 14.6. The zero-order chi connectivity index (χ0) is 21.4. The van der Waals surface area contributed by atoms with Crippen LogP contribution >= 0.6 is 0 Å². The molecule has 8 nitrogen and oxygen atoms in total. The lowest BCUT2D eigenvalue weighted by atomic mass is 10.1. The van der Waals surface area contributed by atoms with E-state index in [0.29, 0.717) is 5.56 Å². The number of amides is 1. The number of piperazine rings is 1. The van der Waals surface area contributed by atoms with Gasteiger partial charge in [0.25, 0.3) is 5.91 Å². The third-order valence-electron chi connectivity index (χ3n) is 5.03. The Morgan fingerprint density at radius 3 is 2.31 bits per heavy atom. The molecule has 1 saturated heterocycles. The number of sulfonamides is 1. The predicted molar refractivity (Wildman–Crippen MR) is 108 cm³/mol. The maximum Gasteiger partial charge on any atom is 0.257 e. The zero-order valence-electron chi connectivity index (χ0n) is 17.1. The van der Waals surface area contributed by atoms with Crippen molar-refractivity contribution in [3.63, 3.8) is 0 Å². The third-order valence-corrected chi connectivity index (χ3v) is 6.98. The average molecular weight is 416 g/mol. The van der Waals surface area contributed by atoms with Crippen molar-refractivity contribution in [1.29, 1.82) is 5.26 Å². The Bertz CT molecular complexity index is 1070. The van der Waals surface area contributed by atoms with Gasteiger partial charge in [-0.15, -0.1) is 0 Å². The molecule has 0 unspecified atom stereocenters. The largest absolute Gasteiger partial charge is 0.336 e. The standard InChI is InChI=1S/C20H25N5O3S/c1-15-17(14-22-25(15)20(2,3)4)19(26)23-9-11-24(12-10-23)29(27,28)18-8-6-5-7-16(18)13-21/h5-8,14H,9-12H2,1-4H3. The summed E-state index contributed by atoms with van der Waals surface area (Å²) in [6.07, 6.45) is 1.58. The molecule has 0 saturated carbocycles. The molecule has 0 spiro atoms. The van der Waals surface area contributed by atoms with Crippen LogP contribution in [0.4, 0.5) is 0 Å². The fourth-order valence-corrected chi connectivity index (χ4v) is 5.09. The van der Waals surface area contributed by atoms with Crippen LogP contribution in [0.1, 0.15) is 42.4 Å². The Kier molecular flexibility index (Phi) is 5.52. The first-order valence-corrected chi connectivity index (χ1v) is 10.8. The van der Waals surface area contributed by atoms with Gasteiger partial charge in [-0.05, 0) is 39.8 Å². The smallest absolute Gasteiger partial charge is 0.257 e. The van der Waals surface area contributed by atoms with Gasteiger partial charge in [-0.25, -0.2) is 8.42 Å². The van der Waals surface area contributed by atoms with Gasteiger partial charge in [-0.2, -0.15) is 14.7 Å². The van der Waals surface area contributed by atoms with Gasteiger partial charge in [0.1, 0.15) is 6.07 Å². The fourth-order valence-electron chi connectivity index (χ4n) is 3.52. The van der Waals surface area contributed by atoms with E-state index in [4.69, 9.17) is 0 Å². The molecule has 9 heteroatoms. The lowest BCUT2D eigenvalue weighted by Crippen LogP contribution is -2.50. The average Bonchev–Trinajstić information content (AvgIpc) is 3.09. The minimum absolute atomic E-state index is 0.00424. The van der Waals surface area contributed by atoms with Crippen LogP contribution in [0.25, 0.3) is 0 Å².